The lowest BCUT2D eigenvalue weighted by Crippen LogP contribution is -2.23. The Morgan fingerprint density at radius 2 is 2.21 bits per heavy atom. The first-order valence-electron chi connectivity index (χ1n) is 6.01. The van der Waals surface area contributed by atoms with Crippen molar-refractivity contribution in [3.05, 3.63) is 36.0 Å². The number of hydrogen-bond donors (Lipinski definition) is 2. The molecule has 0 spiro atoms. The van der Waals surface area contributed by atoms with Crippen LogP contribution in [0.15, 0.2) is 24.7 Å². The molecule has 7 nitrogen and oxygen atoms in total. The van der Waals surface area contributed by atoms with Gasteiger partial charge in [-0.3, -0.25) is 9.48 Å². The summed E-state index contributed by atoms with van der Waals surface area (Å²) < 4.78 is 1.59. The SMILES string of the molecule is CCNc1ccc(C(=O)NCc2ncn(C)n2)cn1. The number of aryl methyl sites for hydroxylation is 1. The fraction of sp³-hybridized carbons (Fsp3) is 0.333. The molecule has 2 rings (SSSR count). The van der Waals surface area contributed by atoms with Crippen molar-refractivity contribution in [2.24, 2.45) is 7.05 Å². The zero-order valence-corrected chi connectivity index (χ0v) is 10.9. The minimum atomic E-state index is -0.192. The molecule has 0 bridgehead atoms. The van der Waals surface area contributed by atoms with Gasteiger partial charge in [-0.2, -0.15) is 5.10 Å². The standard InChI is InChI=1S/C12H16N6O/c1-3-13-10-5-4-9(6-14-10)12(19)15-7-11-16-8-18(2)17-11/h4-6,8H,3,7H2,1-2H3,(H,13,14)(H,15,19). The maximum absolute atomic E-state index is 11.9. The summed E-state index contributed by atoms with van der Waals surface area (Å²) in [4.78, 5) is 20.0. The number of hydrogen-bond acceptors (Lipinski definition) is 5. The van der Waals surface area contributed by atoms with Crippen molar-refractivity contribution in [3.8, 4) is 0 Å². The van der Waals surface area contributed by atoms with Gasteiger partial charge < -0.3 is 10.6 Å². The quantitative estimate of drug-likeness (QED) is 0.821. The van der Waals surface area contributed by atoms with E-state index < -0.39 is 0 Å². The van der Waals surface area contributed by atoms with Crippen LogP contribution in [0.2, 0.25) is 0 Å². The largest absolute Gasteiger partial charge is 0.370 e. The lowest BCUT2D eigenvalue weighted by molar-refractivity contribution is 0.0949. The highest BCUT2D eigenvalue weighted by molar-refractivity contribution is 5.93. The van der Waals surface area contributed by atoms with Crippen LogP contribution < -0.4 is 10.6 Å². The molecule has 0 aliphatic heterocycles. The highest BCUT2D eigenvalue weighted by atomic mass is 16.1. The first kappa shape index (κ1) is 13.0. The number of aromatic nitrogens is 4. The Kier molecular flexibility index (Phi) is 4.07. The second kappa shape index (κ2) is 5.94. The number of carbonyl (C=O) groups is 1. The summed E-state index contributed by atoms with van der Waals surface area (Å²) in [5.74, 6) is 1.14. The van der Waals surface area contributed by atoms with Crippen molar-refractivity contribution < 1.29 is 4.79 Å². The van der Waals surface area contributed by atoms with Crippen molar-refractivity contribution in [1.29, 1.82) is 0 Å². The molecule has 0 unspecified atom stereocenters. The lowest BCUT2D eigenvalue weighted by Gasteiger charge is -2.04. The van der Waals surface area contributed by atoms with E-state index in [-0.39, 0.29) is 5.91 Å². The molecule has 0 aliphatic carbocycles. The van der Waals surface area contributed by atoms with Crippen LogP contribution in [0, 0.1) is 0 Å². The van der Waals surface area contributed by atoms with Crippen LogP contribution in [0.3, 0.4) is 0 Å². The predicted octanol–water partition coefficient (Wildman–Crippen LogP) is 0.572. The van der Waals surface area contributed by atoms with Gasteiger partial charge in [0, 0.05) is 19.8 Å². The molecular formula is C12H16N6O. The van der Waals surface area contributed by atoms with Gasteiger partial charge in [-0.25, -0.2) is 9.97 Å². The van der Waals surface area contributed by atoms with Gasteiger partial charge in [-0.05, 0) is 19.1 Å². The van der Waals surface area contributed by atoms with E-state index >= 15 is 0 Å². The molecule has 0 saturated carbocycles. The summed E-state index contributed by atoms with van der Waals surface area (Å²) in [6, 6.07) is 3.50. The highest BCUT2D eigenvalue weighted by Crippen LogP contribution is 2.04. The Labute approximate surface area is 111 Å². The van der Waals surface area contributed by atoms with Crippen LogP contribution in [-0.4, -0.2) is 32.2 Å². The minimum absolute atomic E-state index is 0.192. The van der Waals surface area contributed by atoms with Crippen molar-refractivity contribution in [1.82, 2.24) is 25.1 Å². The topological polar surface area (TPSA) is 84.7 Å². The Bertz CT molecular complexity index is 548. The van der Waals surface area contributed by atoms with E-state index in [1.165, 1.54) is 0 Å². The molecule has 0 fully saturated rings. The Balaban J connectivity index is 1.92. The molecule has 0 aromatic carbocycles. The molecular weight excluding hydrogens is 244 g/mol. The van der Waals surface area contributed by atoms with Crippen LogP contribution in [0.1, 0.15) is 23.1 Å². The number of pyridine rings is 1. The van der Waals surface area contributed by atoms with Gasteiger partial charge >= 0.3 is 0 Å². The third kappa shape index (κ3) is 3.51. The molecule has 0 atom stereocenters. The summed E-state index contributed by atoms with van der Waals surface area (Å²) in [5, 5.41) is 9.89. The maximum Gasteiger partial charge on any atom is 0.253 e. The Morgan fingerprint density at radius 1 is 1.37 bits per heavy atom. The second-order valence-corrected chi connectivity index (χ2v) is 3.98. The minimum Gasteiger partial charge on any atom is -0.370 e. The summed E-state index contributed by atoms with van der Waals surface area (Å²) in [5.41, 5.74) is 0.512. The zero-order chi connectivity index (χ0) is 13.7. The molecule has 0 aliphatic rings. The average Bonchev–Trinajstić information content (AvgIpc) is 2.83. The second-order valence-electron chi connectivity index (χ2n) is 3.98. The van der Waals surface area contributed by atoms with Crippen molar-refractivity contribution in [2.45, 2.75) is 13.5 Å². The first-order chi connectivity index (χ1) is 9.19. The summed E-state index contributed by atoms with van der Waals surface area (Å²) in [6.07, 6.45) is 3.13. The first-order valence-corrected chi connectivity index (χ1v) is 6.01. The number of nitrogens with one attached hydrogen (secondary N) is 2. The Morgan fingerprint density at radius 3 is 2.79 bits per heavy atom. The zero-order valence-electron chi connectivity index (χ0n) is 10.9. The number of nitrogens with zero attached hydrogens (tertiary/aromatic N) is 4. The van der Waals surface area contributed by atoms with Crippen LogP contribution in [-0.2, 0) is 13.6 Å². The molecule has 100 valence electrons. The van der Waals surface area contributed by atoms with E-state index in [4.69, 9.17) is 0 Å². The van der Waals surface area contributed by atoms with Crippen LogP contribution in [0.25, 0.3) is 0 Å². The number of amides is 1. The van der Waals surface area contributed by atoms with E-state index in [0.29, 0.717) is 17.9 Å². The van der Waals surface area contributed by atoms with E-state index in [0.717, 1.165) is 12.4 Å². The lowest BCUT2D eigenvalue weighted by atomic mass is 10.2. The highest BCUT2D eigenvalue weighted by Gasteiger charge is 2.07. The van der Waals surface area contributed by atoms with Gasteiger partial charge in [0.1, 0.15) is 12.1 Å². The normalized spacial score (nSPS) is 10.2. The van der Waals surface area contributed by atoms with Crippen molar-refractivity contribution in [3.63, 3.8) is 0 Å². The molecule has 0 saturated heterocycles. The van der Waals surface area contributed by atoms with Gasteiger partial charge in [0.25, 0.3) is 5.91 Å². The number of rotatable bonds is 5. The van der Waals surface area contributed by atoms with Gasteiger partial charge in [0.05, 0.1) is 12.1 Å². The molecule has 19 heavy (non-hydrogen) atoms. The van der Waals surface area contributed by atoms with E-state index in [1.54, 1.807) is 36.4 Å². The smallest absolute Gasteiger partial charge is 0.253 e. The van der Waals surface area contributed by atoms with Gasteiger partial charge in [0.15, 0.2) is 5.82 Å². The predicted molar refractivity (Wildman–Crippen MR) is 70.6 cm³/mol. The number of anilines is 1. The summed E-state index contributed by atoms with van der Waals surface area (Å²) in [6.45, 7) is 3.08. The third-order valence-electron chi connectivity index (χ3n) is 2.44. The Hall–Kier alpha value is -2.44. The molecule has 0 radical (unpaired) electrons. The maximum atomic E-state index is 11.9. The fourth-order valence-corrected chi connectivity index (χ4v) is 1.54. The van der Waals surface area contributed by atoms with Crippen LogP contribution in [0.4, 0.5) is 5.82 Å². The molecule has 7 heteroatoms. The van der Waals surface area contributed by atoms with Crippen LogP contribution >= 0.6 is 0 Å². The molecule has 1 amide bonds. The van der Waals surface area contributed by atoms with Crippen molar-refractivity contribution in [2.75, 3.05) is 11.9 Å². The van der Waals surface area contributed by atoms with Crippen LogP contribution in [0.5, 0.6) is 0 Å². The average molecular weight is 260 g/mol. The monoisotopic (exact) mass is 260 g/mol. The molecule has 2 aromatic heterocycles. The van der Waals surface area contributed by atoms with Gasteiger partial charge in [0.2, 0.25) is 0 Å². The molecule has 2 heterocycles. The third-order valence-corrected chi connectivity index (χ3v) is 2.44. The van der Waals surface area contributed by atoms with Gasteiger partial charge in [-0.1, -0.05) is 0 Å². The summed E-state index contributed by atoms with van der Waals surface area (Å²) >= 11 is 0. The fourth-order valence-electron chi connectivity index (χ4n) is 1.54. The van der Waals surface area contributed by atoms with Gasteiger partial charge in [-0.15, -0.1) is 0 Å². The molecule has 2 aromatic rings. The van der Waals surface area contributed by atoms with E-state index in [9.17, 15) is 4.79 Å². The van der Waals surface area contributed by atoms with E-state index in [2.05, 4.69) is 25.7 Å². The van der Waals surface area contributed by atoms with E-state index in [1.807, 2.05) is 6.92 Å². The van der Waals surface area contributed by atoms with Crippen molar-refractivity contribution >= 4 is 11.7 Å². The molecule has 2 N–H and O–H groups in total. The number of carbonyl (C=O) groups excluding carboxylic acids is 1. The summed E-state index contributed by atoms with van der Waals surface area (Å²) in [7, 11) is 1.78.